The number of aryl methyl sites for hydroxylation is 1. The highest BCUT2D eigenvalue weighted by Crippen LogP contribution is 2.25. The number of amides is 2. The molecule has 2 amide bonds. The molecule has 1 fully saturated rings. The lowest BCUT2D eigenvalue weighted by atomic mass is 10.0. The van der Waals surface area contributed by atoms with Gasteiger partial charge in [0, 0.05) is 24.0 Å². The van der Waals surface area contributed by atoms with E-state index in [4.69, 9.17) is 4.74 Å². The van der Waals surface area contributed by atoms with E-state index in [2.05, 4.69) is 17.1 Å². The van der Waals surface area contributed by atoms with Crippen LogP contribution in [0.4, 0.5) is 0 Å². The zero-order valence-electron chi connectivity index (χ0n) is 20.2. The Morgan fingerprint density at radius 3 is 2.64 bits per heavy atom. The Morgan fingerprint density at radius 2 is 1.83 bits per heavy atom. The molecule has 1 aromatic heterocycles. The molecular formula is C29H29N3O4. The molecule has 0 radical (unpaired) electrons. The van der Waals surface area contributed by atoms with Gasteiger partial charge >= 0.3 is 0 Å². The number of fused-ring (bicyclic) bond motifs is 1. The number of nitrogens with one attached hydrogen (secondary N) is 1. The molecule has 4 aromatic rings. The molecule has 7 heteroatoms. The number of hydrogen-bond acceptors (Lipinski definition) is 4. The van der Waals surface area contributed by atoms with E-state index < -0.39 is 0 Å². The minimum Gasteiger partial charge on any atom is -0.508 e. The third-order valence-corrected chi connectivity index (χ3v) is 6.74. The maximum absolute atomic E-state index is 13.4. The molecule has 2 heterocycles. The third-order valence-electron chi connectivity index (χ3n) is 6.74. The summed E-state index contributed by atoms with van der Waals surface area (Å²) in [5.41, 5.74) is 3.36. The maximum atomic E-state index is 13.4. The molecule has 2 N–H and O–H groups in total. The van der Waals surface area contributed by atoms with Crippen molar-refractivity contribution in [2.75, 3.05) is 20.2 Å². The summed E-state index contributed by atoms with van der Waals surface area (Å²) in [7, 11) is 1.63. The highest BCUT2D eigenvalue weighted by molar-refractivity contribution is 6.00. The fourth-order valence-corrected chi connectivity index (χ4v) is 4.85. The molecule has 1 aliphatic rings. The summed E-state index contributed by atoms with van der Waals surface area (Å²) in [6, 6.07) is 24.4. The number of carbonyl (C=O) groups excluding carboxylic acids is 2. The van der Waals surface area contributed by atoms with Gasteiger partial charge in [-0.3, -0.25) is 9.59 Å². The Kier molecular flexibility index (Phi) is 6.62. The number of ether oxygens (including phenoxy) is 1. The summed E-state index contributed by atoms with van der Waals surface area (Å²) in [4.78, 5) is 33.5. The Labute approximate surface area is 209 Å². The number of piperazine rings is 1. The number of rotatable bonds is 7. The number of phenolic OH excluding ortho intramolecular Hbond substituents is 1. The van der Waals surface area contributed by atoms with Crippen molar-refractivity contribution < 1.29 is 19.4 Å². The second-order valence-electron chi connectivity index (χ2n) is 9.19. The third kappa shape index (κ3) is 5.05. The van der Waals surface area contributed by atoms with E-state index in [1.54, 1.807) is 36.3 Å². The first-order valence-corrected chi connectivity index (χ1v) is 12.1. The fourth-order valence-electron chi connectivity index (χ4n) is 4.85. The van der Waals surface area contributed by atoms with E-state index in [0.29, 0.717) is 18.8 Å². The smallest absolute Gasteiger partial charge is 0.270 e. The lowest BCUT2D eigenvalue weighted by Gasteiger charge is -2.41. The number of H-pyrrole nitrogens is 1. The van der Waals surface area contributed by atoms with Crippen molar-refractivity contribution in [1.29, 1.82) is 0 Å². The molecule has 1 aliphatic heterocycles. The molecule has 0 unspecified atom stereocenters. The van der Waals surface area contributed by atoms with Gasteiger partial charge in [-0.05, 0) is 60.4 Å². The van der Waals surface area contributed by atoms with Crippen molar-refractivity contribution in [1.82, 2.24) is 14.8 Å². The van der Waals surface area contributed by atoms with Crippen LogP contribution in [-0.4, -0.2) is 57.9 Å². The van der Waals surface area contributed by atoms with Crippen LogP contribution in [0, 0.1) is 0 Å². The van der Waals surface area contributed by atoms with Gasteiger partial charge in [0.05, 0.1) is 13.2 Å². The average Bonchev–Trinajstić information content (AvgIpc) is 3.32. The van der Waals surface area contributed by atoms with Gasteiger partial charge < -0.3 is 24.6 Å². The van der Waals surface area contributed by atoms with Crippen LogP contribution in [0.3, 0.4) is 0 Å². The largest absolute Gasteiger partial charge is 0.508 e. The molecule has 36 heavy (non-hydrogen) atoms. The first kappa shape index (κ1) is 23.5. The monoisotopic (exact) mass is 483 g/mol. The van der Waals surface area contributed by atoms with E-state index in [-0.39, 0.29) is 30.2 Å². The van der Waals surface area contributed by atoms with Crippen LogP contribution in [0.5, 0.6) is 11.5 Å². The average molecular weight is 484 g/mol. The van der Waals surface area contributed by atoms with Gasteiger partial charge in [-0.1, -0.05) is 42.5 Å². The van der Waals surface area contributed by atoms with E-state index in [9.17, 15) is 14.7 Å². The zero-order valence-corrected chi connectivity index (χ0v) is 20.2. The van der Waals surface area contributed by atoms with Crippen LogP contribution >= 0.6 is 0 Å². The SMILES string of the molecule is COc1cccc(CN2C(=O)CN(C(=O)c3cc4cc(O)ccc4[nH]3)C[C@@H]2CCc2ccccc2)c1. The number of methoxy groups -OCH3 is 1. The lowest BCUT2D eigenvalue weighted by molar-refractivity contribution is -0.139. The van der Waals surface area contributed by atoms with Crippen LogP contribution in [0.25, 0.3) is 10.9 Å². The van der Waals surface area contributed by atoms with Crippen molar-refractivity contribution in [3.63, 3.8) is 0 Å². The molecule has 1 saturated heterocycles. The second-order valence-corrected chi connectivity index (χ2v) is 9.19. The van der Waals surface area contributed by atoms with Crippen molar-refractivity contribution in [3.8, 4) is 11.5 Å². The molecular weight excluding hydrogens is 454 g/mol. The van der Waals surface area contributed by atoms with E-state index in [0.717, 1.165) is 35.1 Å². The van der Waals surface area contributed by atoms with Crippen molar-refractivity contribution in [2.45, 2.75) is 25.4 Å². The molecule has 0 aliphatic carbocycles. The number of aromatic amines is 1. The van der Waals surface area contributed by atoms with Gasteiger partial charge in [0.15, 0.2) is 0 Å². The van der Waals surface area contributed by atoms with Crippen molar-refractivity contribution in [3.05, 3.63) is 95.7 Å². The van der Waals surface area contributed by atoms with Gasteiger partial charge in [0.25, 0.3) is 5.91 Å². The number of aromatic hydroxyl groups is 1. The Morgan fingerprint density at radius 1 is 1.03 bits per heavy atom. The van der Waals surface area contributed by atoms with Crippen LogP contribution < -0.4 is 4.74 Å². The normalized spacial score (nSPS) is 15.9. The molecule has 0 spiro atoms. The predicted molar refractivity (Wildman–Crippen MR) is 138 cm³/mol. The van der Waals surface area contributed by atoms with Gasteiger partial charge in [-0.2, -0.15) is 0 Å². The number of nitrogens with zero attached hydrogens (tertiary/aromatic N) is 2. The van der Waals surface area contributed by atoms with Crippen LogP contribution in [0.1, 0.15) is 28.0 Å². The quantitative estimate of drug-likeness (QED) is 0.409. The van der Waals surface area contributed by atoms with Gasteiger partial charge in [-0.15, -0.1) is 0 Å². The maximum Gasteiger partial charge on any atom is 0.270 e. The number of benzene rings is 3. The second kappa shape index (κ2) is 10.2. The van der Waals surface area contributed by atoms with E-state index in [1.165, 1.54) is 5.56 Å². The highest BCUT2D eigenvalue weighted by atomic mass is 16.5. The van der Waals surface area contributed by atoms with Crippen LogP contribution in [0.15, 0.2) is 78.9 Å². The predicted octanol–water partition coefficient (Wildman–Crippen LogP) is 4.37. The molecule has 184 valence electrons. The summed E-state index contributed by atoms with van der Waals surface area (Å²) < 4.78 is 5.36. The molecule has 0 saturated carbocycles. The zero-order chi connectivity index (χ0) is 25.1. The minimum atomic E-state index is -0.218. The molecule has 0 bridgehead atoms. The Bertz CT molecular complexity index is 1380. The summed E-state index contributed by atoms with van der Waals surface area (Å²) in [5.74, 6) is 0.594. The Hall–Kier alpha value is -4.26. The standard InChI is InChI=1S/C29H29N3O4/c1-36-25-9-5-8-21(14-25)17-32-23(11-10-20-6-3-2-4-7-20)18-31(19-28(32)34)29(35)27-16-22-15-24(33)12-13-26(22)30-27/h2-9,12-16,23,30,33H,10-11,17-19H2,1H3/t23-/m0/s1. The molecule has 1 atom stereocenters. The fraction of sp³-hybridized carbons (Fsp3) is 0.241. The summed E-state index contributed by atoms with van der Waals surface area (Å²) in [5, 5.41) is 10.5. The first-order chi connectivity index (χ1) is 17.5. The molecule has 3 aromatic carbocycles. The number of aromatic nitrogens is 1. The number of phenols is 1. The summed E-state index contributed by atoms with van der Waals surface area (Å²) >= 11 is 0. The minimum absolute atomic E-state index is 0.0191. The lowest BCUT2D eigenvalue weighted by Crippen LogP contribution is -2.57. The number of hydrogen-bond donors (Lipinski definition) is 2. The van der Waals surface area contributed by atoms with E-state index in [1.807, 2.05) is 47.4 Å². The Balaban J connectivity index is 1.38. The highest BCUT2D eigenvalue weighted by Gasteiger charge is 2.35. The van der Waals surface area contributed by atoms with Crippen LogP contribution in [0.2, 0.25) is 0 Å². The van der Waals surface area contributed by atoms with Gasteiger partial charge in [0.2, 0.25) is 5.91 Å². The van der Waals surface area contributed by atoms with E-state index >= 15 is 0 Å². The molecule has 5 rings (SSSR count). The van der Waals surface area contributed by atoms with Crippen molar-refractivity contribution >= 4 is 22.7 Å². The van der Waals surface area contributed by atoms with Crippen molar-refractivity contribution in [2.24, 2.45) is 0 Å². The topological polar surface area (TPSA) is 85.9 Å². The van der Waals surface area contributed by atoms with Gasteiger partial charge in [0.1, 0.15) is 23.7 Å². The van der Waals surface area contributed by atoms with Crippen LogP contribution in [-0.2, 0) is 17.8 Å². The first-order valence-electron chi connectivity index (χ1n) is 12.1. The number of carbonyl (C=O) groups is 2. The summed E-state index contributed by atoms with van der Waals surface area (Å²) in [6.07, 6.45) is 1.55. The summed E-state index contributed by atoms with van der Waals surface area (Å²) in [6.45, 7) is 0.927. The molecule has 7 nitrogen and oxygen atoms in total. The van der Waals surface area contributed by atoms with Gasteiger partial charge in [-0.25, -0.2) is 0 Å².